The zero-order valence-electron chi connectivity index (χ0n) is 16.3. The molecule has 0 atom stereocenters. The third-order valence-corrected chi connectivity index (χ3v) is 8.66. The summed E-state index contributed by atoms with van der Waals surface area (Å²) in [5, 5.41) is 8.65. The fraction of sp³-hybridized carbons (Fsp3) is 0.875. The summed E-state index contributed by atoms with van der Waals surface area (Å²) in [6.45, 7) is 10.7. The average Bonchev–Trinajstić information content (AvgIpc) is 2.59. The summed E-state index contributed by atoms with van der Waals surface area (Å²) in [6.07, 6.45) is 0. The Kier molecular flexibility index (Phi) is 16.2. The topological polar surface area (TPSA) is 96.2 Å². The Bertz CT molecular complexity index is 398. The molecule has 0 rings (SSSR count). The molecule has 6 nitrogen and oxygen atoms in total. The van der Waals surface area contributed by atoms with Gasteiger partial charge in [0.25, 0.3) is 0 Å². The summed E-state index contributed by atoms with van der Waals surface area (Å²) in [5.74, 6) is 3.92. The summed E-state index contributed by atoms with van der Waals surface area (Å²) < 4.78 is 0. The van der Waals surface area contributed by atoms with E-state index in [2.05, 4.69) is 29.8 Å². The first kappa shape index (κ1) is 26.1. The Morgan fingerprint density at radius 2 is 1.27 bits per heavy atom. The number of hydrogen-bond acceptors (Lipinski definition) is 7. The van der Waals surface area contributed by atoms with Crippen molar-refractivity contribution in [2.75, 3.05) is 49.2 Å². The molecule has 0 aliphatic heterocycles. The van der Waals surface area contributed by atoms with E-state index in [-0.39, 0.29) is 17.4 Å². The zero-order chi connectivity index (χ0) is 19.8. The average molecular weight is 443 g/mol. The van der Waals surface area contributed by atoms with E-state index in [0.717, 1.165) is 23.0 Å². The standard InChI is InChI=1S/C16H34N4O2S4/c1-13(2)16(3,4)14(21)18-6-10-25-26-12-8-20-15(22)19-7-11-24-23-9-5-17/h13H,5-12,17H2,1-4H3,(H,18,21)(H2,19,20,22). The Hall–Kier alpha value is 0.1000. The van der Waals surface area contributed by atoms with E-state index >= 15 is 0 Å². The molecule has 0 heterocycles. The van der Waals surface area contributed by atoms with Crippen LogP contribution in [0.25, 0.3) is 0 Å². The summed E-state index contributed by atoms with van der Waals surface area (Å²) in [5.41, 5.74) is 5.07. The first-order valence-electron chi connectivity index (χ1n) is 8.81. The van der Waals surface area contributed by atoms with Crippen LogP contribution in [0.4, 0.5) is 4.79 Å². The molecule has 0 aromatic carbocycles. The van der Waals surface area contributed by atoms with Crippen LogP contribution in [-0.4, -0.2) is 61.1 Å². The van der Waals surface area contributed by atoms with Gasteiger partial charge in [0.05, 0.1) is 0 Å². The van der Waals surface area contributed by atoms with Crippen molar-refractivity contribution in [3.8, 4) is 0 Å². The molecule has 0 bridgehead atoms. The van der Waals surface area contributed by atoms with Gasteiger partial charge < -0.3 is 21.7 Å². The maximum atomic E-state index is 12.1. The number of nitrogens with two attached hydrogens (primary N) is 1. The molecule has 0 saturated heterocycles. The first-order valence-corrected chi connectivity index (χ1v) is 13.8. The van der Waals surface area contributed by atoms with Crippen molar-refractivity contribution in [2.24, 2.45) is 17.1 Å². The predicted molar refractivity (Wildman–Crippen MR) is 122 cm³/mol. The minimum absolute atomic E-state index is 0.107. The van der Waals surface area contributed by atoms with Gasteiger partial charge in [0, 0.05) is 54.6 Å². The molecule has 10 heteroatoms. The lowest BCUT2D eigenvalue weighted by Crippen LogP contribution is -2.41. The highest BCUT2D eigenvalue weighted by atomic mass is 33.1. The highest BCUT2D eigenvalue weighted by Gasteiger charge is 2.30. The molecule has 0 spiro atoms. The molecule has 0 aromatic rings. The van der Waals surface area contributed by atoms with E-state index < -0.39 is 0 Å². The van der Waals surface area contributed by atoms with E-state index in [0.29, 0.717) is 32.1 Å². The molecule has 5 N–H and O–H groups in total. The molecule has 0 unspecified atom stereocenters. The minimum atomic E-state index is -0.337. The van der Waals surface area contributed by atoms with Crippen LogP contribution in [0.1, 0.15) is 27.7 Å². The quantitative estimate of drug-likeness (QED) is 0.229. The monoisotopic (exact) mass is 442 g/mol. The minimum Gasteiger partial charge on any atom is -0.355 e. The van der Waals surface area contributed by atoms with Crippen molar-refractivity contribution < 1.29 is 9.59 Å². The van der Waals surface area contributed by atoms with Gasteiger partial charge in [-0.3, -0.25) is 4.79 Å². The van der Waals surface area contributed by atoms with Gasteiger partial charge in [-0.2, -0.15) is 0 Å². The summed E-state index contributed by atoms with van der Waals surface area (Å²) >= 11 is 0. The van der Waals surface area contributed by atoms with Gasteiger partial charge in [0.2, 0.25) is 5.91 Å². The molecule has 0 fully saturated rings. The van der Waals surface area contributed by atoms with E-state index in [9.17, 15) is 9.59 Å². The van der Waals surface area contributed by atoms with Crippen LogP contribution in [0.5, 0.6) is 0 Å². The highest BCUT2D eigenvalue weighted by molar-refractivity contribution is 8.77. The maximum Gasteiger partial charge on any atom is 0.314 e. The van der Waals surface area contributed by atoms with Gasteiger partial charge in [0.1, 0.15) is 0 Å². The SMILES string of the molecule is CC(C)C(C)(C)C(=O)NCCSSCCNC(=O)NCCSSCCN. The molecule has 0 aromatic heterocycles. The fourth-order valence-corrected chi connectivity index (χ4v) is 5.03. The fourth-order valence-electron chi connectivity index (χ4n) is 1.45. The van der Waals surface area contributed by atoms with Gasteiger partial charge in [0.15, 0.2) is 0 Å². The number of carbonyl (C=O) groups excluding carboxylic acids is 2. The Morgan fingerprint density at radius 1 is 0.846 bits per heavy atom. The number of amides is 3. The molecule has 0 radical (unpaired) electrons. The van der Waals surface area contributed by atoms with Crippen LogP contribution in [0.2, 0.25) is 0 Å². The highest BCUT2D eigenvalue weighted by Crippen LogP contribution is 2.26. The molecular formula is C16H34N4O2S4. The van der Waals surface area contributed by atoms with Crippen molar-refractivity contribution in [1.82, 2.24) is 16.0 Å². The lowest BCUT2D eigenvalue weighted by molar-refractivity contribution is -0.131. The van der Waals surface area contributed by atoms with Gasteiger partial charge in [-0.25, -0.2) is 4.79 Å². The number of carbonyl (C=O) groups is 2. The van der Waals surface area contributed by atoms with Crippen molar-refractivity contribution in [1.29, 1.82) is 0 Å². The molecule has 26 heavy (non-hydrogen) atoms. The van der Waals surface area contributed by atoms with Gasteiger partial charge in [-0.05, 0) is 5.92 Å². The normalized spacial score (nSPS) is 11.5. The van der Waals surface area contributed by atoms with Crippen LogP contribution in [0.15, 0.2) is 0 Å². The summed E-state index contributed by atoms with van der Waals surface area (Å²) in [6, 6.07) is -0.122. The number of rotatable bonds is 15. The van der Waals surface area contributed by atoms with Crippen LogP contribution < -0.4 is 21.7 Å². The third-order valence-electron chi connectivity index (χ3n) is 3.81. The van der Waals surface area contributed by atoms with E-state index in [1.807, 2.05) is 13.8 Å². The van der Waals surface area contributed by atoms with Crippen molar-refractivity contribution in [3.05, 3.63) is 0 Å². The first-order chi connectivity index (χ1) is 12.3. The van der Waals surface area contributed by atoms with E-state index in [4.69, 9.17) is 5.73 Å². The second-order valence-electron chi connectivity index (χ2n) is 6.39. The van der Waals surface area contributed by atoms with Crippen molar-refractivity contribution >= 4 is 55.1 Å². The molecular weight excluding hydrogens is 408 g/mol. The zero-order valence-corrected chi connectivity index (χ0v) is 19.5. The number of urea groups is 1. The van der Waals surface area contributed by atoms with E-state index in [1.165, 1.54) is 0 Å². The summed E-state index contributed by atoms with van der Waals surface area (Å²) in [4.78, 5) is 23.7. The van der Waals surface area contributed by atoms with Crippen LogP contribution >= 0.6 is 43.2 Å². The molecule has 154 valence electrons. The smallest absolute Gasteiger partial charge is 0.314 e. The predicted octanol–water partition coefficient (Wildman–Crippen LogP) is 2.81. The Labute approximate surface area is 174 Å². The number of nitrogens with one attached hydrogen (secondary N) is 3. The van der Waals surface area contributed by atoms with E-state index in [1.54, 1.807) is 43.2 Å². The van der Waals surface area contributed by atoms with Crippen molar-refractivity contribution in [2.45, 2.75) is 27.7 Å². The van der Waals surface area contributed by atoms with Crippen LogP contribution in [-0.2, 0) is 4.79 Å². The van der Waals surface area contributed by atoms with Gasteiger partial charge in [-0.1, -0.05) is 70.9 Å². The third kappa shape index (κ3) is 13.3. The lowest BCUT2D eigenvalue weighted by Gasteiger charge is -2.27. The molecule has 0 saturated carbocycles. The van der Waals surface area contributed by atoms with Crippen molar-refractivity contribution in [3.63, 3.8) is 0 Å². The molecule has 0 aliphatic carbocycles. The second-order valence-corrected chi connectivity index (χ2v) is 11.8. The summed E-state index contributed by atoms with van der Waals surface area (Å²) in [7, 11) is 6.86. The van der Waals surface area contributed by atoms with Crippen LogP contribution in [0.3, 0.4) is 0 Å². The Balaban J connectivity index is 3.45. The maximum absolute atomic E-state index is 12.1. The second kappa shape index (κ2) is 16.1. The number of hydrogen-bond donors (Lipinski definition) is 4. The Morgan fingerprint density at radius 3 is 1.69 bits per heavy atom. The van der Waals surface area contributed by atoms with Crippen LogP contribution in [0, 0.1) is 11.3 Å². The molecule has 3 amide bonds. The lowest BCUT2D eigenvalue weighted by atomic mass is 9.80. The van der Waals surface area contributed by atoms with Gasteiger partial charge in [-0.15, -0.1) is 0 Å². The largest absolute Gasteiger partial charge is 0.355 e. The van der Waals surface area contributed by atoms with Gasteiger partial charge >= 0.3 is 6.03 Å². The molecule has 0 aliphatic rings.